The highest BCUT2D eigenvalue weighted by Crippen LogP contribution is 2.31. The lowest BCUT2D eigenvalue weighted by Crippen LogP contribution is -2.40. The minimum atomic E-state index is -0.382. The Morgan fingerprint density at radius 3 is 2.50 bits per heavy atom. The van der Waals surface area contributed by atoms with E-state index in [9.17, 15) is 14.0 Å². The summed E-state index contributed by atoms with van der Waals surface area (Å²) in [6, 6.07) is 10.8. The van der Waals surface area contributed by atoms with E-state index in [1.807, 2.05) is 19.1 Å². The molecule has 0 bridgehead atoms. The molecule has 0 unspecified atom stereocenters. The number of carbonyl (C=O) groups is 2. The van der Waals surface area contributed by atoms with Gasteiger partial charge in [-0.25, -0.2) is 9.18 Å². The standard InChI is InChI=1S/C22H21ClFN5O2S/c1-13-2-7-18(17(23)12-13)26-22(31)29-10-8-14(9-11-29)20-27-28-21(32-20)19(30)25-16-5-3-15(24)4-6-16/h2-7,12,14H,8-11H2,1H3,(H,25,30)(H,26,31). The fraction of sp³-hybridized carbons (Fsp3) is 0.273. The summed E-state index contributed by atoms with van der Waals surface area (Å²) in [7, 11) is 0. The van der Waals surface area contributed by atoms with Crippen molar-refractivity contribution >= 4 is 46.3 Å². The van der Waals surface area contributed by atoms with E-state index in [4.69, 9.17) is 11.6 Å². The quantitative estimate of drug-likeness (QED) is 0.538. The highest BCUT2D eigenvalue weighted by atomic mass is 35.5. The number of piperidine rings is 1. The summed E-state index contributed by atoms with van der Waals surface area (Å²) in [5, 5.41) is 15.3. The van der Waals surface area contributed by atoms with Crippen LogP contribution in [-0.2, 0) is 0 Å². The molecule has 10 heteroatoms. The van der Waals surface area contributed by atoms with Crippen LogP contribution in [0.1, 0.15) is 39.1 Å². The van der Waals surface area contributed by atoms with Crippen LogP contribution in [0.3, 0.4) is 0 Å². The highest BCUT2D eigenvalue weighted by Gasteiger charge is 2.27. The normalized spacial score (nSPS) is 14.3. The van der Waals surface area contributed by atoms with Crippen LogP contribution in [0.4, 0.5) is 20.6 Å². The summed E-state index contributed by atoms with van der Waals surface area (Å²) in [6.45, 7) is 3.07. The molecular formula is C22H21ClFN5O2S. The molecule has 1 aliphatic rings. The molecule has 0 saturated carbocycles. The number of aryl methyl sites for hydroxylation is 1. The second-order valence-corrected chi connectivity index (χ2v) is 9.00. The molecule has 0 spiro atoms. The van der Waals surface area contributed by atoms with Gasteiger partial charge in [-0.15, -0.1) is 10.2 Å². The fourth-order valence-corrected chi connectivity index (χ4v) is 4.64. The first-order valence-electron chi connectivity index (χ1n) is 10.1. The number of carbonyl (C=O) groups excluding carboxylic acids is 2. The largest absolute Gasteiger partial charge is 0.324 e. The first-order chi connectivity index (χ1) is 15.4. The number of rotatable bonds is 4. The van der Waals surface area contributed by atoms with Gasteiger partial charge in [-0.2, -0.15) is 0 Å². The number of urea groups is 1. The molecule has 1 aromatic heterocycles. The average molecular weight is 474 g/mol. The molecule has 3 amide bonds. The summed E-state index contributed by atoms with van der Waals surface area (Å²) < 4.78 is 13.0. The van der Waals surface area contributed by atoms with Crippen molar-refractivity contribution in [2.75, 3.05) is 23.7 Å². The van der Waals surface area contributed by atoms with Crippen molar-refractivity contribution in [3.63, 3.8) is 0 Å². The number of hydrogen-bond acceptors (Lipinski definition) is 5. The molecule has 1 aliphatic heterocycles. The van der Waals surface area contributed by atoms with Gasteiger partial charge in [0.2, 0.25) is 5.01 Å². The second-order valence-electron chi connectivity index (χ2n) is 7.58. The van der Waals surface area contributed by atoms with Gasteiger partial charge in [0.15, 0.2) is 0 Å². The number of nitrogens with one attached hydrogen (secondary N) is 2. The summed E-state index contributed by atoms with van der Waals surface area (Å²) >= 11 is 7.45. The number of likely N-dealkylation sites (tertiary alicyclic amines) is 1. The fourth-order valence-electron chi connectivity index (χ4n) is 3.45. The Balaban J connectivity index is 1.31. The van der Waals surface area contributed by atoms with Crippen LogP contribution < -0.4 is 10.6 Å². The molecule has 4 rings (SSSR count). The zero-order valence-electron chi connectivity index (χ0n) is 17.3. The van der Waals surface area contributed by atoms with Gasteiger partial charge >= 0.3 is 6.03 Å². The Labute approximate surface area is 193 Å². The van der Waals surface area contributed by atoms with E-state index in [0.717, 1.165) is 23.4 Å². The predicted molar refractivity (Wildman–Crippen MR) is 123 cm³/mol. The summed E-state index contributed by atoms with van der Waals surface area (Å²) in [5.41, 5.74) is 2.10. The van der Waals surface area contributed by atoms with E-state index in [0.29, 0.717) is 29.5 Å². The Morgan fingerprint density at radius 1 is 1.09 bits per heavy atom. The van der Waals surface area contributed by atoms with Gasteiger partial charge in [0, 0.05) is 24.7 Å². The second kappa shape index (κ2) is 9.62. The van der Waals surface area contributed by atoms with Crippen molar-refractivity contribution < 1.29 is 14.0 Å². The number of benzene rings is 2. The average Bonchev–Trinajstić information content (AvgIpc) is 3.28. The van der Waals surface area contributed by atoms with Gasteiger partial charge in [0.25, 0.3) is 5.91 Å². The van der Waals surface area contributed by atoms with Gasteiger partial charge in [0.1, 0.15) is 10.8 Å². The van der Waals surface area contributed by atoms with E-state index in [1.165, 1.54) is 35.6 Å². The topological polar surface area (TPSA) is 87.2 Å². The number of anilines is 2. The smallest absolute Gasteiger partial charge is 0.321 e. The maximum absolute atomic E-state index is 13.0. The molecule has 166 valence electrons. The van der Waals surface area contributed by atoms with Crippen molar-refractivity contribution in [1.29, 1.82) is 0 Å². The predicted octanol–water partition coefficient (Wildman–Crippen LogP) is 5.30. The molecule has 32 heavy (non-hydrogen) atoms. The van der Waals surface area contributed by atoms with E-state index < -0.39 is 0 Å². The monoisotopic (exact) mass is 473 g/mol. The minimum Gasteiger partial charge on any atom is -0.324 e. The lowest BCUT2D eigenvalue weighted by molar-refractivity contribution is 0.102. The number of amides is 3. The summed E-state index contributed by atoms with van der Waals surface area (Å²) in [5.74, 6) is -0.623. The van der Waals surface area contributed by atoms with Gasteiger partial charge < -0.3 is 15.5 Å². The Kier molecular flexibility index (Phi) is 6.66. The summed E-state index contributed by atoms with van der Waals surface area (Å²) in [6.07, 6.45) is 1.45. The van der Waals surface area contributed by atoms with Crippen LogP contribution in [0.5, 0.6) is 0 Å². The maximum atomic E-state index is 13.0. The molecule has 2 N–H and O–H groups in total. The Hall–Kier alpha value is -3.04. The van der Waals surface area contributed by atoms with Crippen LogP contribution in [-0.4, -0.2) is 40.1 Å². The molecule has 2 heterocycles. The molecular weight excluding hydrogens is 453 g/mol. The van der Waals surface area contributed by atoms with Crippen LogP contribution in [0.15, 0.2) is 42.5 Å². The first-order valence-corrected chi connectivity index (χ1v) is 11.3. The lowest BCUT2D eigenvalue weighted by Gasteiger charge is -2.31. The minimum absolute atomic E-state index is 0.131. The number of nitrogens with zero attached hydrogens (tertiary/aromatic N) is 3. The highest BCUT2D eigenvalue weighted by molar-refractivity contribution is 7.13. The van der Waals surface area contributed by atoms with E-state index in [1.54, 1.807) is 11.0 Å². The van der Waals surface area contributed by atoms with Crippen LogP contribution in [0.25, 0.3) is 0 Å². The molecule has 1 saturated heterocycles. The zero-order chi connectivity index (χ0) is 22.7. The summed E-state index contributed by atoms with van der Waals surface area (Å²) in [4.78, 5) is 26.7. The van der Waals surface area contributed by atoms with E-state index in [2.05, 4.69) is 20.8 Å². The third-order valence-corrected chi connectivity index (χ3v) is 6.63. The molecule has 0 atom stereocenters. The van der Waals surface area contributed by atoms with Crippen molar-refractivity contribution in [1.82, 2.24) is 15.1 Å². The third-order valence-electron chi connectivity index (χ3n) is 5.23. The zero-order valence-corrected chi connectivity index (χ0v) is 18.8. The van der Waals surface area contributed by atoms with Crippen molar-refractivity contribution in [2.45, 2.75) is 25.7 Å². The number of aromatic nitrogens is 2. The molecule has 0 aliphatic carbocycles. The maximum Gasteiger partial charge on any atom is 0.321 e. The Bertz CT molecular complexity index is 1130. The van der Waals surface area contributed by atoms with Gasteiger partial charge in [-0.1, -0.05) is 29.0 Å². The van der Waals surface area contributed by atoms with Crippen molar-refractivity contribution in [3.8, 4) is 0 Å². The van der Waals surface area contributed by atoms with Crippen molar-refractivity contribution in [3.05, 3.63) is 68.9 Å². The van der Waals surface area contributed by atoms with Gasteiger partial charge in [-0.05, 0) is 61.7 Å². The molecule has 0 radical (unpaired) electrons. The first kappa shape index (κ1) is 22.2. The van der Waals surface area contributed by atoms with E-state index >= 15 is 0 Å². The SMILES string of the molecule is Cc1ccc(NC(=O)N2CCC(c3nnc(C(=O)Nc4ccc(F)cc4)s3)CC2)c(Cl)c1. The van der Waals surface area contributed by atoms with Crippen LogP contribution >= 0.6 is 22.9 Å². The Morgan fingerprint density at radius 2 is 1.81 bits per heavy atom. The van der Waals surface area contributed by atoms with Crippen molar-refractivity contribution in [2.24, 2.45) is 0 Å². The third kappa shape index (κ3) is 5.23. The molecule has 2 aromatic carbocycles. The van der Waals surface area contributed by atoms with E-state index in [-0.39, 0.29) is 28.7 Å². The number of hydrogen-bond donors (Lipinski definition) is 2. The molecule has 3 aromatic rings. The number of halogens is 2. The van der Waals surface area contributed by atoms with Gasteiger partial charge in [-0.3, -0.25) is 4.79 Å². The van der Waals surface area contributed by atoms with Crippen LogP contribution in [0, 0.1) is 12.7 Å². The molecule has 1 fully saturated rings. The van der Waals surface area contributed by atoms with Crippen LogP contribution in [0.2, 0.25) is 5.02 Å². The lowest BCUT2D eigenvalue weighted by atomic mass is 9.98. The van der Waals surface area contributed by atoms with Gasteiger partial charge in [0.05, 0.1) is 10.7 Å². The molecule has 7 nitrogen and oxygen atoms in total.